The first-order valence-corrected chi connectivity index (χ1v) is 10.0. The number of benzene rings is 2. The van der Waals surface area contributed by atoms with Crippen LogP contribution in [0.5, 0.6) is 0 Å². The number of fused-ring (bicyclic) bond motifs is 1. The third kappa shape index (κ3) is 2.81. The Morgan fingerprint density at radius 2 is 1.60 bits per heavy atom. The summed E-state index contributed by atoms with van der Waals surface area (Å²) in [6.07, 6.45) is 2.29. The molecule has 0 amide bonds. The van der Waals surface area contributed by atoms with Crippen molar-refractivity contribution in [1.82, 2.24) is 8.96 Å². The van der Waals surface area contributed by atoms with Gasteiger partial charge in [-0.1, -0.05) is 48.5 Å². The highest BCUT2D eigenvalue weighted by atomic mass is 79.9. The maximum Gasteiger partial charge on any atom is 0.269 e. The molecule has 2 heterocycles. The van der Waals surface area contributed by atoms with E-state index in [0.717, 1.165) is 21.1 Å². The van der Waals surface area contributed by atoms with Gasteiger partial charge in [0.15, 0.2) is 0 Å². The van der Waals surface area contributed by atoms with Gasteiger partial charge in [-0.2, -0.15) is 0 Å². The molecule has 0 saturated carbocycles. The summed E-state index contributed by atoms with van der Waals surface area (Å²) in [6, 6.07) is 20.3. The number of aromatic amines is 1. The van der Waals surface area contributed by atoms with Gasteiger partial charge >= 0.3 is 0 Å². The SMILES string of the molecule is O=S(=O)(c1ccccc1)n1c(Cc2ccccc2)cc2c(Br)c[nH]c21. The van der Waals surface area contributed by atoms with Crippen LogP contribution in [0.4, 0.5) is 0 Å². The Bertz CT molecular complexity index is 1130. The minimum atomic E-state index is -3.70. The Kier molecular flexibility index (Phi) is 4.01. The predicted octanol–water partition coefficient (Wildman–Crippen LogP) is 4.56. The lowest BCUT2D eigenvalue weighted by Gasteiger charge is -2.11. The second-order valence-electron chi connectivity index (χ2n) is 5.78. The fraction of sp³-hybridized carbons (Fsp3) is 0.0526. The first-order chi connectivity index (χ1) is 12.1. The van der Waals surface area contributed by atoms with E-state index in [0.29, 0.717) is 12.1 Å². The topological polar surface area (TPSA) is 54.9 Å². The van der Waals surface area contributed by atoms with Crippen LogP contribution in [-0.2, 0) is 16.4 Å². The van der Waals surface area contributed by atoms with Crippen molar-refractivity contribution in [2.24, 2.45) is 0 Å². The Labute approximate surface area is 154 Å². The van der Waals surface area contributed by atoms with Crippen LogP contribution in [0.3, 0.4) is 0 Å². The molecule has 0 aliphatic rings. The number of halogens is 1. The largest absolute Gasteiger partial charge is 0.346 e. The van der Waals surface area contributed by atoms with Crippen LogP contribution < -0.4 is 0 Å². The number of nitrogens with zero attached hydrogens (tertiary/aromatic N) is 1. The van der Waals surface area contributed by atoms with Crippen molar-refractivity contribution in [3.8, 4) is 0 Å². The van der Waals surface area contributed by atoms with Crippen molar-refractivity contribution in [2.45, 2.75) is 11.3 Å². The summed E-state index contributed by atoms with van der Waals surface area (Å²) in [5.74, 6) is 0. The van der Waals surface area contributed by atoms with Gasteiger partial charge in [-0.3, -0.25) is 0 Å². The molecular weight excluding hydrogens is 400 g/mol. The Balaban J connectivity index is 1.94. The molecule has 0 aliphatic carbocycles. The Hall–Kier alpha value is -2.31. The summed E-state index contributed by atoms with van der Waals surface area (Å²) in [7, 11) is -3.70. The first-order valence-electron chi connectivity index (χ1n) is 7.79. The maximum absolute atomic E-state index is 13.3. The number of hydrogen-bond acceptors (Lipinski definition) is 2. The average Bonchev–Trinajstić information content (AvgIpc) is 3.16. The van der Waals surface area contributed by atoms with E-state index >= 15 is 0 Å². The molecule has 4 rings (SSSR count). The minimum absolute atomic E-state index is 0.271. The molecule has 4 nitrogen and oxygen atoms in total. The summed E-state index contributed by atoms with van der Waals surface area (Å²) in [5, 5.41) is 0.852. The molecule has 0 saturated heterocycles. The van der Waals surface area contributed by atoms with Crippen molar-refractivity contribution in [2.75, 3.05) is 0 Å². The smallest absolute Gasteiger partial charge is 0.269 e. The van der Waals surface area contributed by atoms with E-state index in [4.69, 9.17) is 0 Å². The van der Waals surface area contributed by atoms with Crippen LogP contribution >= 0.6 is 15.9 Å². The van der Waals surface area contributed by atoms with Crippen molar-refractivity contribution < 1.29 is 8.42 Å². The zero-order valence-corrected chi connectivity index (χ0v) is 15.6. The fourth-order valence-corrected chi connectivity index (χ4v) is 4.92. The van der Waals surface area contributed by atoms with Crippen molar-refractivity contribution >= 4 is 37.0 Å². The van der Waals surface area contributed by atoms with Gasteiger partial charge in [0.25, 0.3) is 10.0 Å². The van der Waals surface area contributed by atoms with Gasteiger partial charge in [0.1, 0.15) is 5.65 Å². The van der Waals surface area contributed by atoms with Crippen LogP contribution in [0.25, 0.3) is 11.0 Å². The van der Waals surface area contributed by atoms with Gasteiger partial charge in [0.05, 0.1) is 4.90 Å². The molecule has 0 aliphatic heterocycles. The Morgan fingerprint density at radius 3 is 2.28 bits per heavy atom. The normalized spacial score (nSPS) is 11.9. The van der Waals surface area contributed by atoms with Crippen LogP contribution in [0.1, 0.15) is 11.3 Å². The zero-order valence-electron chi connectivity index (χ0n) is 13.2. The number of rotatable bonds is 4. The second-order valence-corrected chi connectivity index (χ2v) is 8.42. The molecular formula is C19H15BrN2O2S. The summed E-state index contributed by atoms with van der Waals surface area (Å²) >= 11 is 3.48. The van der Waals surface area contributed by atoms with E-state index in [1.165, 1.54) is 3.97 Å². The number of hydrogen-bond donors (Lipinski definition) is 1. The van der Waals surface area contributed by atoms with Gasteiger partial charge in [0.2, 0.25) is 0 Å². The highest BCUT2D eigenvalue weighted by Crippen LogP contribution is 2.31. The van der Waals surface area contributed by atoms with Crippen LogP contribution in [0, 0.1) is 0 Å². The van der Waals surface area contributed by atoms with Crippen LogP contribution in [0.15, 0.2) is 82.3 Å². The van der Waals surface area contributed by atoms with Crippen LogP contribution in [0.2, 0.25) is 0 Å². The highest BCUT2D eigenvalue weighted by Gasteiger charge is 2.24. The lowest BCUT2D eigenvalue weighted by Crippen LogP contribution is -2.16. The molecule has 2 aromatic heterocycles. The fourth-order valence-electron chi connectivity index (χ4n) is 2.97. The lowest BCUT2D eigenvalue weighted by molar-refractivity contribution is 0.587. The summed E-state index contributed by atoms with van der Waals surface area (Å²) in [4.78, 5) is 3.35. The molecule has 25 heavy (non-hydrogen) atoms. The van der Waals surface area contributed by atoms with Gasteiger partial charge in [-0.05, 0) is 39.7 Å². The maximum atomic E-state index is 13.3. The molecule has 0 fully saturated rings. The van der Waals surface area contributed by atoms with E-state index in [2.05, 4.69) is 20.9 Å². The zero-order chi connectivity index (χ0) is 17.4. The Morgan fingerprint density at radius 1 is 0.960 bits per heavy atom. The molecule has 0 bridgehead atoms. The minimum Gasteiger partial charge on any atom is -0.346 e. The van der Waals surface area contributed by atoms with E-state index in [1.54, 1.807) is 36.5 Å². The summed E-state index contributed by atoms with van der Waals surface area (Å²) in [6.45, 7) is 0. The van der Waals surface area contributed by atoms with E-state index in [9.17, 15) is 8.42 Å². The molecule has 6 heteroatoms. The molecule has 0 spiro atoms. The van der Waals surface area contributed by atoms with Crippen molar-refractivity contribution in [3.05, 3.63) is 88.7 Å². The number of nitrogens with one attached hydrogen (secondary N) is 1. The predicted molar refractivity (Wildman–Crippen MR) is 102 cm³/mol. The lowest BCUT2D eigenvalue weighted by atomic mass is 10.1. The van der Waals surface area contributed by atoms with E-state index in [1.807, 2.05) is 36.4 Å². The molecule has 4 aromatic rings. The van der Waals surface area contributed by atoms with Gasteiger partial charge in [-0.15, -0.1) is 0 Å². The number of aromatic nitrogens is 2. The van der Waals surface area contributed by atoms with Gasteiger partial charge in [-0.25, -0.2) is 12.4 Å². The van der Waals surface area contributed by atoms with Gasteiger partial charge in [0, 0.05) is 28.2 Å². The van der Waals surface area contributed by atoms with Crippen LogP contribution in [-0.4, -0.2) is 17.4 Å². The average molecular weight is 415 g/mol. The molecule has 0 unspecified atom stereocenters. The molecule has 0 atom stereocenters. The van der Waals surface area contributed by atoms with E-state index in [-0.39, 0.29) is 4.90 Å². The third-order valence-electron chi connectivity index (χ3n) is 4.13. The molecule has 0 radical (unpaired) electrons. The van der Waals surface area contributed by atoms with Gasteiger partial charge < -0.3 is 4.98 Å². The monoisotopic (exact) mass is 414 g/mol. The molecule has 1 N–H and O–H groups in total. The van der Waals surface area contributed by atoms with Crippen molar-refractivity contribution in [3.63, 3.8) is 0 Å². The second kappa shape index (κ2) is 6.20. The third-order valence-corrected chi connectivity index (χ3v) is 6.55. The van der Waals surface area contributed by atoms with Crippen molar-refractivity contribution in [1.29, 1.82) is 0 Å². The summed E-state index contributed by atoms with van der Waals surface area (Å²) in [5.41, 5.74) is 2.35. The first kappa shape index (κ1) is 16.2. The standard InChI is InChI=1S/C19H15BrN2O2S/c20-18-13-21-19-17(18)12-15(11-14-7-3-1-4-8-14)22(19)25(23,24)16-9-5-2-6-10-16/h1-10,12-13,21H,11H2. The summed E-state index contributed by atoms with van der Waals surface area (Å²) < 4.78 is 28.8. The quantitative estimate of drug-likeness (QED) is 0.531. The molecule has 126 valence electrons. The van der Waals surface area contributed by atoms with E-state index < -0.39 is 10.0 Å². The number of H-pyrrole nitrogens is 1. The molecule has 2 aromatic carbocycles. The highest BCUT2D eigenvalue weighted by molar-refractivity contribution is 9.10.